The molecule has 1 saturated heterocycles. The van der Waals surface area contributed by atoms with E-state index in [9.17, 15) is 10.1 Å². The number of pyridine rings is 1. The van der Waals surface area contributed by atoms with Gasteiger partial charge in [-0.1, -0.05) is 43.9 Å². The molecule has 7 heteroatoms. The van der Waals surface area contributed by atoms with Crippen LogP contribution in [0.2, 0.25) is 0 Å². The number of nitrogens with zero attached hydrogens (tertiary/aromatic N) is 4. The summed E-state index contributed by atoms with van der Waals surface area (Å²) in [5.74, 6) is 1.75. The summed E-state index contributed by atoms with van der Waals surface area (Å²) >= 11 is 0. The van der Waals surface area contributed by atoms with E-state index in [-0.39, 0.29) is 11.5 Å². The van der Waals surface area contributed by atoms with Gasteiger partial charge in [0, 0.05) is 63.0 Å². The molecule has 0 aromatic carbocycles. The third-order valence-electron chi connectivity index (χ3n) is 5.45. The molecule has 0 unspecified atom stereocenters. The highest BCUT2D eigenvalue weighted by atomic mass is 16.5. The van der Waals surface area contributed by atoms with Crippen LogP contribution in [-0.4, -0.2) is 42.1 Å². The number of hydrogen-bond acceptors (Lipinski definition) is 5. The zero-order valence-corrected chi connectivity index (χ0v) is 20.3. The van der Waals surface area contributed by atoms with E-state index in [1.54, 1.807) is 49.7 Å². The van der Waals surface area contributed by atoms with Crippen molar-refractivity contribution in [3.63, 3.8) is 0 Å². The minimum absolute atomic E-state index is 0.0866. The molecule has 1 aromatic heterocycles. The van der Waals surface area contributed by atoms with Gasteiger partial charge in [-0.05, 0) is 25.0 Å². The molecule has 0 atom stereocenters. The van der Waals surface area contributed by atoms with Crippen molar-refractivity contribution >= 4 is 11.4 Å². The Bertz CT molecular complexity index is 1060. The van der Waals surface area contributed by atoms with E-state index >= 15 is 0 Å². The lowest BCUT2D eigenvalue weighted by Gasteiger charge is -2.27. The molecule has 34 heavy (non-hydrogen) atoms. The lowest BCUT2D eigenvalue weighted by atomic mass is 9.98. The average molecular weight is 463 g/mol. The third-order valence-corrected chi connectivity index (χ3v) is 5.45. The fourth-order valence-electron chi connectivity index (χ4n) is 3.69. The Labute approximate surface area is 202 Å². The highest BCUT2D eigenvalue weighted by Crippen LogP contribution is 2.24. The van der Waals surface area contributed by atoms with Crippen molar-refractivity contribution in [2.45, 2.75) is 26.2 Å². The molecule has 2 heterocycles. The third kappa shape index (κ3) is 7.75. The number of ether oxygens (including phenoxy) is 2. The molecule has 0 saturated carbocycles. The Balaban J connectivity index is 2.33. The second-order valence-electron chi connectivity index (χ2n) is 7.71. The summed E-state index contributed by atoms with van der Waals surface area (Å²) in [4.78, 5) is 17.9. The second-order valence-corrected chi connectivity index (χ2v) is 7.71. The number of aliphatic imine (C=N–C) groups is 1. The van der Waals surface area contributed by atoms with E-state index in [1.165, 1.54) is 10.6 Å². The van der Waals surface area contributed by atoms with E-state index in [0.717, 1.165) is 35.6 Å². The van der Waals surface area contributed by atoms with Crippen LogP contribution < -0.4 is 5.56 Å². The van der Waals surface area contributed by atoms with Gasteiger partial charge in [-0.2, -0.15) is 5.26 Å². The molecule has 0 N–H and O–H groups in total. The summed E-state index contributed by atoms with van der Waals surface area (Å²) in [5, 5.41) is 9.78. The molecule has 7 nitrogen and oxygen atoms in total. The first kappa shape index (κ1) is 26.6. The molecule has 0 spiro atoms. The summed E-state index contributed by atoms with van der Waals surface area (Å²) in [6.07, 6.45) is 19.0. The summed E-state index contributed by atoms with van der Waals surface area (Å²) in [6.45, 7) is 7.40. The van der Waals surface area contributed by atoms with Crippen molar-refractivity contribution in [2.24, 2.45) is 18.0 Å². The van der Waals surface area contributed by atoms with Crippen LogP contribution in [0.25, 0.3) is 5.57 Å². The van der Waals surface area contributed by atoms with Gasteiger partial charge in [-0.3, -0.25) is 14.7 Å². The number of amidine groups is 1. The molecule has 180 valence electrons. The predicted octanol–water partition coefficient (Wildman–Crippen LogP) is 4.57. The predicted molar refractivity (Wildman–Crippen MR) is 137 cm³/mol. The molecule has 0 amide bonds. The van der Waals surface area contributed by atoms with Crippen molar-refractivity contribution in [1.82, 2.24) is 9.47 Å². The monoisotopic (exact) mass is 462 g/mol. The largest absolute Gasteiger partial charge is 0.469 e. The van der Waals surface area contributed by atoms with Crippen molar-refractivity contribution in [3.8, 4) is 6.19 Å². The zero-order valence-electron chi connectivity index (χ0n) is 20.3. The van der Waals surface area contributed by atoms with Crippen molar-refractivity contribution in [1.29, 1.82) is 5.26 Å². The SMILES string of the molecule is C=C/C=C\C=C\O/C(CC)=C(/C=C\CN(C#N)/C(=N\C)C1CCOCC1)c1ccc(=O)n(C)c1. The number of rotatable bonds is 10. The summed E-state index contributed by atoms with van der Waals surface area (Å²) in [7, 11) is 3.44. The molecular weight excluding hydrogens is 428 g/mol. The van der Waals surface area contributed by atoms with Gasteiger partial charge in [-0.15, -0.1) is 0 Å². The van der Waals surface area contributed by atoms with Crippen LogP contribution in [0.1, 0.15) is 31.7 Å². The van der Waals surface area contributed by atoms with Gasteiger partial charge in [0.15, 0.2) is 6.19 Å². The molecule has 1 aliphatic heterocycles. The van der Waals surface area contributed by atoms with Crippen LogP contribution >= 0.6 is 0 Å². The Hall–Kier alpha value is -3.63. The highest BCUT2D eigenvalue weighted by molar-refractivity contribution is 5.86. The van der Waals surface area contributed by atoms with Gasteiger partial charge >= 0.3 is 0 Å². The normalized spacial score (nSPS) is 16.1. The molecule has 1 fully saturated rings. The zero-order chi connectivity index (χ0) is 24.8. The van der Waals surface area contributed by atoms with E-state index in [2.05, 4.69) is 17.8 Å². The summed E-state index contributed by atoms with van der Waals surface area (Å²) in [6, 6.07) is 3.32. The van der Waals surface area contributed by atoms with Crippen LogP contribution in [0.15, 0.2) is 83.2 Å². The number of hydrogen-bond donors (Lipinski definition) is 0. The molecule has 0 aliphatic carbocycles. The first-order chi connectivity index (χ1) is 16.5. The Kier molecular flexibility index (Phi) is 11.4. The van der Waals surface area contributed by atoms with Crippen molar-refractivity contribution in [2.75, 3.05) is 26.8 Å². The topological polar surface area (TPSA) is 79.8 Å². The van der Waals surface area contributed by atoms with E-state index < -0.39 is 0 Å². The molecule has 1 aromatic rings. The van der Waals surface area contributed by atoms with Gasteiger partial charge < -0.3 is 14.0 Å². The van der Waals surface area contributed by atoms with E-state index in [1.807, 2.05) is 31.2 Å². The molecule has 0 radical (unpaired) electrons. The van der Waals surface area contributed by atoms with Crippen LogP contribution in [0.5, 0.6) is 0 Å². The van der Waals surface area contributed by atoms with Gasteiger partial charge in [0.05, 0.1) is 12.8 Å². The van der Waals surface area contributed by atoms with E-state index in [4.69, 9.17) is 9.47 Å². The molecular formula is C27H34N4O3. The van der Waals surface area contributed by atoms with Crippen LogP contribution in [-0.2, 0) is 16.5 Å². The van der Waals surface area contributed by atoms with Crippen molar-refractivity contribution in [3.05, 3.63) is 89.3 Å². The lowest BCUT2D eigenvalue weighted by molar-refractivity contribution is 0.0807. The van der Waals surface area contributed by atoms with Crippen LogP contribution in [0, 0.1) is 17.4 Å². The second kappa shape index (κ2) is 14.5. The average Bonchev–Trinajstić information content (AvgIpc) is 2.86. The lowest BCUT2D eigenvalue weighted by Crippen LogP contribution is -2.36. The van der Waals surface area contributed by atoms with Gasteiger partial charge in [-0.25, -0.2) is 0 Å². The molecule has 0 bridgehead atoms. The van der Waals surface area contributed by atoms with Crippen molar-refractivity contribution < 1.29 is 9.47 Å². The number of aryl methyl sites for hydroxylation is 1. The first-order valence-corrected chi connectivity index (χ1v) is 11.4. The van der Waals surface area contributed by atoms with E-state index in [0.29, 0.717) is 26.2 Å². The van der Waals surface area contributed by atoms with Crippen LogP contribution in [0.4, 0.5) is 0 Å². The molecule has 1 aliphatic rings. The number of allylic oxidation sites excluding steroid dienone is 7. The fraction of sp³-hybridized carbons (Fsp3) is 0.370. The number of nitriles is 1. The first-order valence-electron chi connectivity index (χ1n) is 11.4. The Morgan fingerprint density at radius 3 is 2.74 bits per heavy atom. The Morgan fingerprint density at radius 1 is 1.35 bits per heavy atom. The molecule has 2 rings (SSSR count). The maximum Gasteiger partial charge on any atom is 0.250 e. The maximum atomic E-state index is 11.9. The minimum atomic E-state index is -0.0866. The van der Waals surface area contributed by atoms with Crippen LogP contribution in [0.3, 0.4) is 0 Å². The summed E-state index contributed by atoms with van der Waals surface area (Å²) < 4.78 is 12.9. The van der Waals surface area contributed by atoms with Gasteiger partial charge in [0.25, 0.3) is 0 Å². The fourth-order valence-corrected chi connectivity index (χ4v) is 3.69. The summed E-state index contributed by atoms with van der Waals surface area (Å²) in [5.41, 5.74) is 1.60. The highest BCUT2D eigenvalue weighted by Gasteiger charge is 2.23. The minimum Gasteiger partial charge on any atom is -0.469 e. The smallest absolute Gasteiger partial charge is 0.250 e. The Morgan fingerprint density at radius 2 is 2.12 bits per heavy atom. The van der Waals surface area contributed by atoms with Gasteiger partial charge in [0.1, 0.15) is 11.6 Å². The number of aromatic nitrogens is 1. The standard InChI is InChI=1S/C27H34N4O3/c1-5-7-8-9-17-34-25(6-2)24(23-12-13-26(32)30(4)20-23)11-10-16-31(21-28)27(29-3)22-14-18-33-19-15-22/h5,7-13,17,20,22H,1,6,14-16,18-19H2,2-4H3/b8-7-,11-10-,17-9+,25-24-,29-27-. The quantitative estimate of drug-likeness (QED) is 0.127. The van der Waals surface area contributed by atoms with Gasteiger partial charge in [0.2, 0.25) is 5.56 Å². The maximum absolute atomic E-state index is 11.9.